The summed E-state index contributed by atoms with van der Waals surface area (Å²) in [4.78, 5) is 11.9. The van der Waals surface area contributed by atoms with Crippen molar-refractivity contribution >= 4 is 11.6 Å². The van der Waals surface area contributed by atoms with Crippen LogP contribution < -0.4 is 5.32 Å². The van der Waals surface area contributed by atoms with Gasteiger partial charge in [0.15, 0.2) is 23.3 Å². The van der Waals surface area contributed by atoms with E-state index in [-0.39, 0.29) is 5.41 Å². The van der Waals surface area contributed by atoms with E-state index in [2.05, 4.69) is 5.32 Å². The van der Waals surface area contributed by atoms with Crippen molar-refractivity contribution in [3.8, 4) is 0 Å². The number of carbonyl (C=O) groups is 1. The highest BCUT2D eigenvalue weighted by molar-refractivity contribution is 6.04. The topological polar surface area (TPSA) is 29.1 Å². The zero-order chi connectivity index (χ0) is 17.4. The van der Waals surface area contributed by atoms with Crippen molar-refractivity contribution in [3.63, 3.8) is 0 Å². The Morgan fingerprint density at radius 1 is 0.913 bits per heavy atom. The third-order valence-electron chi connectivity index (χ3n) is 3.36. The summed E-state index contributed by atoms with van der Waals surface area (Å²) in [6.07, 6.45) is 0. The smallest absolute Gasteiger partial charge is 0.258 e. The average Bonchev–Trinajstić information content (AvgIpc) is 2.48. The third-order valence-corrected chi connectivity index (χ3v) is 3.36. The highest BCUT2D eigenvalue weighted by atomic mass is 19.2. The molecule has 0 atom stereocenters. The van der Waals surface area contributed by atoms with Crippen molar-refractivity contribution in [1.82, 2.24) is 0 Å². The van der Waals surface area contributed by atoms with E-state index >= 15 is 0 Å². The zero-order valence-corrected chi connectivity index (χ0v) is 12.8. The second-order valence-electron chi connectivity index (χ2n) is 6.13. The van der Waals surface area contributed by atoms with Crippen LogP contribution in [0, 0.1) is 23.3 Å². The van der Waals surface area contributed by atoms with Crippen LogP contribution in [-0.2, 0) is 5.41 Å². The maximum absolute atomic E-state index is 13.6. The number of nitrogens with one attached hydrogen (secondary N) is 1. The lowest BCUT2D eigenvalue weighted by molar-refractivity contribution is 0.102. The van der Waals surface area contributed by atoms with Crippen LogP contribution in [0.2, 0.25) is 0 Å². The molecule has 0 radical (unpaired) electrons. The van der Waals surface area contributed by atoms with Gasteiger partial charge in [0.1, 0.15) is 0 Å². The van der Waals surface area contributed by atoms with Gasteiger partial charge in [0.05, 0.1) is 5.56 Å². The summed E-state index contributed by atoms with van der Waals surface area (Å²) >= 11 is 0. The zero-order valence-electron chi connectivity index (χ0n) is 12.8. The SMILES string of the molecule is CC(C)(C)c1ccc(NC(=O)c2cc(F)c(F)c(F)c2F)cc1. The molecule has 0 bridgehead atoms. The van der Waals surface area contributed by atoms with Crippen LogP contribution in [0.4, 0.5) is 23.2 Å². The maximum Gasteiger partial charge on any atom is 0.258 e. The molecule has 2 rings (SSSR count). The minimum atomic E-state index is -2.02. The normalized spacial score (nSPS) is 11.4. The number of halogens is 4. The van der Waals surface area contributed by atoms with Crippen molar-refractivity contribution < 1.29 is 22.4 Å². The van der Waals surface area contributed by atoms with Gasteiger partial charge in [0, 0.05) is 5.69 Å². The molecule has 2 aromatic carbocycles. The van der Waals surface area contributed by atoms with Gasteiger partial charge in [-0.05, 0) is 29.2 Å². The monoisotopic (exact) mass is 325 g/mol. The summed E-state index contributed by atoms with van der Waals surface area (Å²) in [5.41, 5.74) is 0.354. The molecule has 0 aromatic heterocycles. The van der Waals surface area contributed by atoms with Crippen molar-refractivity contribution in [2.75, 3.05) is 5.32 Å². The van der Waals surface area contributed by atoms with Gasteiger partial charge in [-0.15, -0.1) is 0 Å². The molecule has 1 N–H and O–H groups in total. The van der Waals surface area contributed by atoms with E-state index in [1.165, 1.54) is 0 Å². The summed E-state index contributed by atoms with van der Waals surface area (Å²) < 4.78 is 52.8. The lowest BCUT2D eigenvalue weighted by Gasteiger charge is -2.19. The van der Waals surface area contributed by atoms with Gasteiger partial charge >= 0.3 is 0 Å². The molecule has 2 aromatic rings. The number of hydrogen-bond donors (Lipinski definition) is 1. The summed E-state index contributed by atoms with van der Waals surface area (Å²) in [6.45, 7) is 6.04. The van der Waals surface area contributed by atoms with Crippen molar-refractivity contribution in [3.05, 3.63) is 64.7 Å². The molecule has 6 heteroatoms. The number of amides is 1. The minimum Gasteiger partial charge on any atom is -0.322 e. The largest absolute Gasteiger partial charge is 0.322 e. The second-order valence-corrected chi connectivity index (χ2v) is 6.13. The minimum absolute atomic E-state index is 0.0855. The van der Waals surface area contributed by atoms with Crippen LogP contribution in [0.1, 0.15) is 36.7 Å². The third kappa shape index (κ3) is 3.52. The molecular weight excluding hydrogens is 310 g/mol. The molecule has 0 aliphatic rings. The fourth-order valence-electron chi connectivity index (χ4n) is 1.99. The summed E-state index contributed by atoms with van der Waals surface area (Å²) in [5, 5.41) is 2.32. The summed E-state index contributed by atoms with van der Waals surface area (Å²) in [5.74, 6) is -8.39. The first-order valence-electron chi connectivity index (χ1n) is 6.86. The van der Waals surface area contributed by atoms with Crippen LogP contribution in [0.25, 0.3) is 0 Å². The predicted molar refractivity (Wildman–Crippen MR) is 79.4 cm³/mol. The molecule has 0 fully saturated rings. The number of anilines is 1. The lowest BCUT2D eigenvalue weighted by Crippen LogP contribution is -2.16. The van der Waals surface area contributed by atoms with Crippen molar-refractivity contribution in [1.29, 1.82) is 0 Å². The molecule has 0 saturated carbocycles. The molecule has 122 valence electrons. The first-order chi connectivity index (χ1) is 10.6. The molecule has 0 saturated heterocycles. The van der Waals surface area contributed by atoms with E-state index in [0.717, 1.165) is 5.56 Å². The first-order valence-corrected chi connectivity index (χ1v) is 6.86. The highest BCUT2D eigenvalue weighted by Gasteiger charge is 2.23. The molecule has 0 aliphatic heterocycles. The Labute approximate surface area is 131 Å². The van der Waals surface area contributed by atoms with Gasteiger partial charge in [-0.25, -0.2) is 17.6 Å². The number of hydrogen-bond acceptors (Lipinski definition) is 1. The summed E-state index contributed by atoms with van der Waals surface area (Å²) in [7, 11) is 0. The van der Waals surface area contributed by atoms with E-state index < -0.39 is 34.7 Å². The molecule has 0 spiro atoms. The van der Waals surface area contributed by atoms with E-state index in [4.69, 9.17) is 0 Å². The molecule has 2 nitrogen and oxygen atoms in total. The number of rotatable bonds is 2. The van der Waals surface area contributed by atoms with Crippen molar-refractivity contribution in [2.24, 2.45) is 0 Å². The van der Waals surface area contributed by atoms with Crippen LogP contribution in [0.5, 0.6) is 0 Å². The molecule has 1 amide bonds. The van der Waals surface area contributed by atoms with Crippen LogP contribution in [0.3, 0.4) is 0 Å². The quantitative estimate of drug-likeness (QED) is 0.480. The molecular formula is C17H15F4NO. The van der Waals surface area contributed by atoms with E-state index in [1.54, 1.807) is 24.3 Å². The van der Waals surface area contributed by atoms with Crippen LogP contribution in [0.15, 0.2) is 30.3 Å². The van der Waals surface area contributed by atoms with Gasteiger partial charge in [-0.2, -0.15) is 0 Å². The van der Waals surface area contributed by atoms with Crippen molar-refractivity contribution in [2.45, 2.75) is 26.2 Å². The first kappa shape index (κ1) is 17.0. The molecule has 23 heavy (non-hydrogen) atoms. The van der Waals surface area contributed by atoms with Gasteiger partial charge in [0.2, 0.25) is 0 Å². The highest BCUT2D eigenvalue weighted by Crippen LogP contribution is 2.24. The Balaban J connectivity index is 2.26. The van der Waals surface area contributed by atoms with Crippen LogP contribution >= 0.6 is 0 Å². The van der Waals surface area contributed by atoms with Gasteiger partial charge in [-0.1, -0.05) is 32.9 Å². The predicted octanol–water partition coefficient (Wildman–Crippen LogP) is 4.79. The standard InChI is InChI=1S/C17H15F4NO/c1-17(2,3)9-4-6-10(7-5-9)22-16(23)11-8-12(18)14(20)15(21)13(11)19/h4-8H,1-3H3,(H,22,23). The van der Waals surface area contributed by atoms with E-state index in [0.29, 0.717) is 11.8 Å². The average molecular weight is 325 g/mol. The Kier molecular flexibility index (Phi) is 4.45. The fraction of sp³-hybridized carbons (Fsp3) is 0.235. The number of carbonyl (C=O) groups excluding carboxylic acids is 1. The maximum atomic E-state index is 13.6. The second kappa shape index (κ2) is 6.02. The number of benzene rings is 2. The molecule has 0 unspecified atom stereocenters. The fourth-order valence-corrected chi connectivity index (χ4v) is 1.99. The molecule has 0 aliphatic carbocycles. The molecule has 0 heterocycles. The van der Waals surface area contributed by atoms with Crippen LogP contribution in [-0.4, -0.2) is 5.91 Å². The lowest BCUT2D eigenvalue weighted by atomic mass is 9.87. The van der Waals surface area contributed by atoms with Gasteiger partial charge in [0.25, 0.3) is 5.91 Å². The van der Waals surface area contributed by atoms with Gasteiger partial charge < -0.3 is 5.32 Å². The van der Waals surface area contributed by atoms with E-state index in [1.807, 2.05) is 20.8 Å². The van der Waals surface area contributed by atoms with E-state index in [9.17, 15) is 22.4 Å². The Morgan fingerprint density at radius 2 is 1.48 bits per heavy atom. The Bertz CT molecular complexity index is 749. The summed E-state index contributed by atoms with van der Waals surface area (Å²) in [6, 6.07) is 7.06. The Morgan fingerprint density at radius 3 is 2.00 bits per heavy atom. The Hall–Kier alpha value is -2.37. The van der Waals surface area contributed by atoms with Gasteiger partial charge in [-0.3, -0.25) is 4.79 Å².